The Kier molecular flexibility index (Phi) is 5.30. The van der Waals surface area contributed by atoms with E-state index in [1.807, 2.05) is 24.3 Å². The first-order chi connectivity index (χ1) is 10.6. The molecule has 0 fully saturated rings. The van der Waals surface area contributed by atoms with Crippen LogP contribution in [0.3, 0.4) is 0 Å². The van der Waals surface area contributed by atoms with E-state index >= 15 is 0 Å². The van der Waals surface area contributed by atoms with Gasteiger partial charge in [-0.2, -0.15) is 5.10 Å². The highest BCUT2D eigenvalue weighted by molar-refractivity contribution is 5.61. The molecule has 1 unspecified atom stereocenters. The molecule has 1 atom stereocenters. The fourth-order valence-electron chi connectivity index (χ4n) is 2.14. The number of nitrogens with two attached hydrogens (primary N) is 1. The summed E-state index contributed by atoms with van der Waals surface area (Å²) in [7, 11) is 3.20. The summed E-state index contributed by atoms with van der Waals surface area (Å²) >= 11 is 0. The van der Waals surface area contributed by atoms with E-state index in [0.717, 1.165) is 11.3 Å². The summed E-state index contributed by atoms with van der Waals surface area (Å²) < 4.78 is 11.7. The maximum absolute atomic E-state index is 12.4. The Morgan fingerprint density at radius 2 is 2.09 bits per heavy atom. The highest BCUT2D eigenvalue weighted by Gasteiger charge is 2.13. The SMILES string of the molecule is COCCn1nc(-c2cccc(OC)c2)cc(C(C)N)c1=O. The van der Waals surface area contributed by atoms with Gasteiger partial charge in [-0.3, -0.25) is 4.79 Å². The standard InChI is InChI=1S/C16H21N3O3/c1-11(17)14-10-15(12-5-4-6-13(9-12)22-3)18-19(16(14)20)7-8-21-2/h4-6,9-11H,7-8,17H2,1-3H3. The van der Waals surface area contributed by atoms with Crippen LogP contribution < -0.4 is 16.0 Å². The van der Waals surface area contributed by atoms with E-state index in [-0.39, 0.29) is 11.6 Å². The average Bonchev–Trinajstić information content (AvgIpc) is 2.53. The van der Waals surface area contributed by atoms with Gasteiger partial charge in [-0.1, -0.05) is 12.1 Å². The lowest BCUT2D eigenvalue weighted by atomic mass is 10.1. The lowest BCUT2D eigenvalue weighted by molar-refractivity contribution is 0.181. The number of ether oxygens (including phenoxy) is 2. The lowest BCUT2D eigenvalue weighted by Gasteiger charge is -2.13. The van der Waals surface area contributed by atoms with Crippen molar-refractivity contribution < 1.29 is 9.47 Å². The van der Waals surface area contributed by atoms with Gasteiger partial charge in [0.1, 0.15) is 5.75 Å². The van der Waals surface area contributed by atoms with Gasteiger partial charge in [0.05, 0.1) is 26.0 Å². The van der Waals surface area contributed by atoms with Crippen molar-refractivity contribution in [2.45, 2.75) is 19.5 Å². The number of benzene rings is 1. The zero-order valence-corrected chi connectivity index (χ0v) is 13.1. The first kappa shape index (κ1) is 16.2. The largest absolute Gasteiger partial charge is 0.497 e. The fourth-order valence-corrected chi connectivity index (χ4v) is 2.14. The minimum Gasteiger partial charge on any atom is -0.497 e. The number of nitrogens with zero attached hydrogens (tertiary/aromatic N) is 2. The topological polar surface area (TPSA) is 79.4 Å². The van der Waals surface area contributed by atoms with Gasteiger partial charge in [0, 0.05) is 24.3 Å². The van der Waals surface area contributed by atoms with Crippen LogP contribution in [0.2, 0.25) is 0 Å². The zero-order valence-electron chi connectivity index (χ0n) is 13.1. The Labute approximate surface area is 129 Å². The number of hydrogen-bond donors (Lipinski definition) is 1. The highest BCUT2D eigenvalue weighted by atomic mass is 16.5. The molecule has 1 aromatic heterocycles. The third kappa shape index (κ3) is 3.52. The van der Waals surface area contributed by atoms with E-state index in [9.17, 15) is 4.79 Å². The van der Waals surface area contributed by atoms with Gasteiger partial charge in [0.2, 0.25) is 0 Å². The first-order valence-corrected chi connectivity index (χ1v) is 7.07. The van der Waals surface area contributed by atoms with Crippen LogP contribution in [0.1, 0.15) is 18.5 Å². The van der Waals surface area contributed by atoms with Crippen molar-refractivity contribution in [1.82, 2.24) is 9.78 Å². The average molecular weight is 303 g/mol. The van der Waals surface area contributed by atoms with Crippen LogP contribution in [0.4, 0.5) is 0 Å². The van der Waals surface area contributed by atoms with Crippen molar-refractivity contribution in [2.75, 3.05) is 20.8 Å². The summed E-state index contributed by atoms with van der Waals surface area (Å²) in [4.78, 5) is 12.4. The molecule has 0 radical (unpaired) electrons. The summed E-state index contributed by atoms with van der Waals surface area (Å²) in [6.07, 6.45) is 0. The van der Waals surface area contributed by atoms with Gasteiger partial charge in [-0.25, -0.2) is 4.68 Å². The molecule has 6 heteroatoms. The molecule has 0 aliphatic heterocycles. The normalized spacial score (nSPS) is 12.2. The fraction of sp³-hybridized carbons (Fsp3) is 0.375. The molecule has 0 amide bonds. The minimum atomic E-state index is -0.367. The molecule has 1 heterocycles. The highest BCUT2D eigenvalue weighted by Crippen LogP contribution is 2.22. The molecule has 0 aliphatic rings. The lowest BCUT2D eigenvalue weighted by Crippen LogP contribution is -2.30. The van der Waals surface area contributed by atoms with Gasteiger partial charge in [0.25, 0.3) is 5.56 Å². The molecule has 0 bridgehead atoms. The Morgan fingerprint density at radius 3 is 2.73 bits per heavy atom. The Morgan fingerprint density at radius 1 is 1.32 bits per heavy atom. The molecule has 0 aliphatic carbocycles. The van der Waals surface area contributed by atoms with Crippen LogP contribution in [-0.2, 0) is 11.3 Å². The second-order valence-corrected chi connectivity index (χ2v) is 5.03. The molecule has 2 aromatic rings. The van der Waals surface area contributed by atoms with Crippen molar-refractivity contribution in [1.29, 1.82) is 0 Å². The summed E-state index contributed by atoms with van der Waals surface area (Å²) in [5.41, 5.74) is 7.82. The maximum Gasteiger partial charge on any atom is 0.271 e. The third-order valence-corrected chi connectivity index (χ3v) is 3.37. The molecule has 0 saturated carbocycles. The zero-order chi connectivity index (χ0) is 16.1. The molecule has 0 saturated heterocycles. The van der Waals surface area contributed by atoms with Gasteiger partial charge in [-0.15, -0.1) is 0 Å². The molecule has 2 N–H and O–H groups in total. The number of methoxy groups -OCH3 is 2. The second kappa shape index (κ2) is 7.20. The van der Waals surface area contributed by atoms with Crippen LogP contribution in [0.25, 0.3) is 11.3 Å². The molecule has 22 heavy (non-hydrogen) atoms. The van der Waals surface area contributed by atoms with Gasteiger partial charge in [0.15, 0.2) is 0 Å². The second-order valence-electron chi connectivity index (χ2n) is 5.03. The van der Waals surface area contributed by atoms with Crippen LogP contribution in [0, 0.1) is 0 Å². The molecule has 2 rings (SSSR count). The summed E-state index contributed by atoms with van der Waals surface area (Å²) in [5, 5.41) is 4.41. The van der Waals surface area contributed by atoms with Crippen LogP contribution in [0.15, 0.2) is 35.1 Å². The molecule has 118 valence electrons. The van der Waals surface area contributed by atoms with E-state index in [1.54, 1.807) is 27.2 Å². The van der Waals surface area contributed by atoms with E-state index in [4.69, 9.17) is 15.2 Å². The predicted octanol–water partition coefficient (Wildman–Crippen LogP) is 1.58. The van der Waals surface area contributed by atoms with Gasteiger partial charge >= 0.3 is 0 Å². The number of hydrogen-bond acceptors (Lipinski definition) is 5. The van der Waals surface area contributed by atoms with E-state index in [1.165, 1.54) is 4.68 Å². The molecular weight excluding hydrogens is 282 g/mol. The van der Waals surface area contributed by atoms with Crippen molar-refractivity contribution >= 4 is 0 Å². The molecule has 0 spiro atoms. The molecule has 1 aromatic carbocycles. The number of aromatic nitrogens is 2. The quantitative estimate of drug-likeness (QED) is 0.876. The molecular formula is C16H21N3O3. The van der Waals surface area contributed by atoms with Crippen molar-refractivity contribution in [3.05, 3.63) is 46.2 Å². The Bertz CT molecular complexity index is 695. The Balaban J connectivity index is 2.54. The van der Waals surface area contributed by atoms with Crippen LogP contribution in [0.5, 0.6) is 5.75 Å². The van der Waals surface area contributed by atoms with Crippen LogP contribution in [-0.4, -0.2) is 30.6 Å². The summed E-state index contributed by atoms with van der Waals surface area (Å²) in [6.45, 7) is 2.58. The van der Waals surface area contributed by atoms with Crippen molar-refractivity contribution in [2.24, 2.45) is 5.73 Å². The van der Waals surface area contributed by atoms with E-state index < -0.39 is 0 Å². The van der Waals surface area contributed by atoms with Gasteiger partial charge in [-0.05, 0) is 25.1 Å². The summed E-state index contributed by atoms with van der Waals surface area (Å²) in [5.74, 6) is 0.733. The van der Waals surface area contributed by atoms with E-state index in [0.29, 0.717) is 24.4 Å². The Hall–Kier alpha value is -2.18. The van der Waals surface area contributed by atoms with Crippen molar-refractivity contribution in [3.63, 3.8) is 0 Å². The van der Waals surface area contributed by atoms with Crippen LogP contribution >= 0.6 is 0 Å². The monoisotopic (exact) mass is 303 g/mol. The smallest absolute Gasteiger partial charge is 0.271 e. The van der Waals surface area contributed by atoms with Crippen molar-refractivity contribution in [3.8, 4) is 17.0 Å². The first-order valence-electron chi connectivity index (χ1n) is 7.07. The maximum atomic E-state index is 12.4. The third-order valence-electron chi connectivity index (χ3n) is 3.37. The number of rotatable bonds is 6. The van der Waals surface area contributed by atoms with Gasteiger partial charge < -0.3 is 15.2 Å². The minimum absolute atomic E-state index is 0.182. The predicted molar refractivity (Wildman–Crippen MR) is 85.0 cm³/mol. The summed E-state index contributed by atoms with van der Waals surface area (Å²) in [6, 6.07) is 8.90. The molecule has 6 nitrogen and oxygen atoms in total. The van der Waals surface area contributed by atoms with E-state index in [2.05, 4.69) is 5.10 Å².